The lowest BCUT2D eigenvalue weighted by atomic mass is 9.87. The van der Waals surface area contributed by atoms with Crippen molar-refractivity contribution in [3.63, 3.8) is 0 Å². The van der Waals surface area contributed by atoms with Gasteiger partial charge in [-0.15, -0.1) is 0 Å². The lowest BCUT2D eigenvalue weighted by molar-refractivity contribution is -0.137. The second-order valence-electron chi connectivity index (χ2n) is 24.2. The number of benzene rings is 6. The lowest BCUT2D eigenvalue weighted by Crippen LogP contribution is -2.31. The fraction of sp³-hybridized carbons (Fsp3) is 0.230. The highest BCUT2D eigenvalue weighted by Crippen LogP contribution is 2.38. The zero-order valence-corrected chi connectivity index (χ0v) is 52.9. The van der Waals surface area contributed by atoms with Gasteiger partial charge in [0, 0.05) is 35.3 Å². The van der Waals surface area contributed by atoms with E-state index in [2.05, 4.69) is 121 Å². The molecule has 6 aromatic carbocycles. The predicted molar refractivity (Wildman–Crippen MR) is 353 cm³/mol. The van der Waals surface area contributed by atoms with E-state index in [1.54, 1.807) is 47.3 Å². The second kappa shape index (κ2) is 25.9. The summed E-state index contributed by atoms with van der Waals surface area (Å²) in [5.41, 5.74) is 16.5. The summed E-state index contributed by atoms with van der Waals surface area (Å²) in [6, 6.07) is 42.6. The molecule has 3 aliphatic carbocycles. The average molecular weight is 1280 g/mol. The maximum Gasteiger partial charge on any atom is 0.416 e. The zero-order valence-electron chi connectivity index (χ0n) is 52.1. The highest BCUT2D eigenvalue weighted by molar-refractivity contribution is 6.33. The second-order valence-corrected chi connectivity index (χ2v) is 24.7. The summed E-state index contributed by atoms with van der Waals surface area (Å²) < 4.78 is 58.5. The van der Waals surface area contributed by atoms with Crippen LogP contribution in [0.1, 0.15) is 156 Å². The van der Waals surface area contributed by atoms with Crippen LogP contribution in [0, 0.1) is 26.6 Å². The molecule has 3 unspecified atom stereocenters. The Morgan fingerprint density at radius 3 is 1.39 bits per heavy atom. The molecule has 94 heavy (non-hydrogen) atoms. The number of carbonyl (C=O) groups excluding carboxylic acids is 3. The van der Waals surface area contributed by atoms with Crippen LogP contribution in [0.25, 0.3) is 50.3 Å². The van der Waals surface area contributed by atoms with Crippen molar-refractivity contribution in [2.45, 2.75) is 110 Å². The maximum atomic E-state index is 14.4. The van der Waals surface area contributed by atoms with E-state index in [1.807, 2.05) is 49.5 Å². The molecule has 0 bridgehead atoms. The minimum atomic E-state index is -4.44. The van der Waals surface area contributed by atoms with E-state index in [1.165, 1.54) is 69.3 Å². The van der Waals surface area contributed by atoms with Crippen LogP contribution in [-0.2, 0) is 25.4 Å². The van der Waals surface area contributed by atoms with Crippen molar-refractivity contribution >= 4 is 46.3 Å². The van der Waals surface area contributed by atoms with Gasteiger partial charge in [0.2, 0.25) is 0 Å². The Labute approximate surface area is 544 Å². The van der Waals surface area contributed by atoms with E-state index in [-0.39, 0.29) is 46.4 Å². The van der Waals surface area contributed by atoms with Gasteiger partial charge in [-0.1, -0.05) is 141 Å². The van der Waals surface area contributed by atoms with Crippen LogP contribution in [-0.4, -0.2) is 61.5 Å². The SMILES string of the molecule is Cc1c(C(=O)NC2CCCc3ccccc32)cnc2c(-c3ccc(C(C)C)cc3)cnn12.Cc1c(C(=O)NC2CCc3ccccc32)cnc2c(-c3c(F)cccc3Cl)cnn12.Cc1c(C(=O)NC2CCc3ccccc32)cnc2c(-c3cccc(C(F)(F)F)c3)cnn12. The van der Waals surface area contributed by atoms with Crippen LogP contribution in [0.15, 0.2) is 177 Å². The fourth-order valence-electron chi connectivity index (χ4n) is 13.1. The number of fused-ring (bicyclic) bond motifs is 6. The molecule has 3 aliphatic rings. The first-order chi connectivity index (χ1) is 45.4. The number of alkyl halides is 3. The summed E-state index contributed by atoms with van der Waals surface area (Å²) >= 11 is 6.21. The van der Waals surface area contributed by atoms with Gasteiger partial charge in [-0.3, -0.25) is 14.4 Å². The Kier molecular flexibility index (Phi) is 17.2. The molecule has 0 fully saturated rings. The third kappa shape index (κ3) is 12.2. The van der Waals surface area contributed by atoms with Crippen LogP contribution in [0.5, 0.6) is 0 Å². The van der Waals surface area contributed by atoms with E-state index in [0.717, 1.165) is 90.7 Å². The van der Waals surface area contributed by atoms with Crippen molar-refractivity contribution in [3.8, 4) is 33.4 Å². The van der Waals surface area contributed by atoms with E-state index >= 15 is 0 Å². The molecule has 3 N–H and O–H groups in total. The summed E-state index contributed by atoms with van der Waals surface area (Å²) in [6.45, 7) is 9.85. The Hall–Kier alpha value is -10.4. The first-order valence-corrected chi connectivity index (χ1v) is 31.7. The molecule has 0 radical (unpaired) electrons. The van der Waals surface area contributed by atoms with Gasteiger partial charge in [-0.05, 0) is 146 Å². The zero-order chi connectivity index (χ0) is 65.5. The fourth-order valence-corrected chi connectivity index (χ4v) is 13.3. The summed E-state index contributed by atoms with van der Waals surface area (Å²) in [6.07, 6.45) is 11.7. The summed E-state index contributed by atoms with van der Waals surface area (Å²) in [5.74, 6) is -0.514. The van der Waals surface area contributed by atoms with E-state index < -0.39 is 17.6 Å². The molecule has 0 saturated carbocycles. The number of halogens is 5. The lowest BCUT2D eigenvalue weighted by Gasteiger charge is -2.26. The summed E-state index contributed by atoms with van der Waals surface area (Å²) in [4.78, 5) is 52.6. The normalized spacial score (nSPS) is 15.6. The molecule has 6 aromatic heterocycles. The molecule has 20 heteroatoms. The van der Waals surface area contributed by atoms with Gasteiger partial charge in [-0.25, -0.2) is 32.9 Å². The van der Waals surface area contributed by atoms with Gasteiger partial charge >= 0.3 is 6.18 Å². The quantitative estimate of drug-likeness (QED) is 0.112. The minimum absolute atomic E-state index is 0.0193. The first kappa shape index (κ1) is 62.4. The summed E-state index contributed by atoms with van der Waals surface area (Å²) in [7, 11) is 0. The molecular formula is C74H65ClF4N12O3. The molecule has 15 rings (SSSR count). The van der Waals surface area contributed by atoms with Gasteiger partial charge in [0.1, 0.15) is 5.82 Å². The third-order valence-electron chi connectivity index (χ3n) is 18.2. The number of hydrogen-bond acceptors (Lipinski definition) is 9. The molecule has 3 atom stereocenters. The Morgan fingerprint density at radius 2 is 0.926 bits per heavy atom. The van der Waals surface area contributed by atoms with Crippen LogP contribution >= 0.6 is 11.6 Å². The van der Waals surface area contributed by atoms with Crippen LogP contribution in [0.4, 0.5) is 17.6 Å². The molecule has 15 nitrogen and oxygen atoms in total. The van der Waals surface area contributed by atoms with E-state index in [4.69, 9.17) is 11.6 Å². The topological polar surface area (TPSA) is 178 Å². The van der Waals surface area contributed by atoms with Crippen molar-refractivity contribution in [2.24, 2.45) is 0 Å². The standard InChI is InChI=1S/C27H28N4O.C24H19F3N4O.C23H18ClFN4O/c1-17(2)19-11-13-21(14-12-19)24-16-29-31-18(3)23(15-28-26(24)31)27(32)30-25-10-6-8-20-7-4-5-9-22(20)25;1-14-19(23(32)30-21-10-9-15-5-2-3-8-18(15)21)12-28-22-20(13-29-31(14)22)16-6-4-7-17(11-16)24(25,26)27;1-13-16(23(30)28-20-10-9-14-5-2-3-6-15(14)20)11-26-22-17(12-27-29(13)22)21-18(24)7-4-8-19(21)25/h4-5,7,9,11-17,25H,6,8,10H2,1-3H3,(H,30,32);2-8,11-13,21H,9-10H2,1H3,(H,30,32);2-8,11-12,20H,9-10H2,1H3,(H,28,30). The number of hydrogen-bond donors (Lipinski definition) is 3. The van der Waals surface area contributed by atoms with Crippen molar-refractivity contribution in [3.05, 3.63) is 266 Å². The molecule has 3 amide bonds. The number of amides is 3. The number of aryl methyl sites for hydroxylation is 6. The van der Waals surface area contributed by atoms with Crippen LogP contribution in [0.2, 0.25) is 5.02 Å². The van der Waals surface area contributed by atoms with Gasteiger partial charge in [-0.2, -0.15) is 28.5 Å². The monoisotopic (exact) mass is 1280 g/mol. The first-order valence-electron chi connectivity index (χ1n) is 31.3. The highest BCUT2D eigenvalue weighted by atomic mass is 35.5. The number of carbonyl (C=O) groups is 3. The smallest absolute Gasteiger partial charge is 0.345 e. The minimum Gasteiger partial charge on any atom is -0.345 e. The van der Waals surface area contributed by atoms with Crippen molar-refractivity contribution < 1.29 is 31.9 Å². The van der Waals surface area contributed by atoms with Crippen molar-refractivity contribution in [1.29, 1.82) is 0 Å². The number of aromatic nitrogens is 9. The highest BCUT2D eigenvalue weighted by Gasteiger charge is 2.32. The van der Waals surface area contributed by atoms with Crippen molar-refractivity contribution in [2.75, 3.05) is 0 Å². The van der Waals surface area contributed by atoms with Crippen molar-refractivity contribution in [1.82, 2.24) is 59.7 Å². The molecule has 474 valence electrons. The summed E-state index contributed by atoms with van der Waals surface area (Å²) in [5, 5.41) is 22.9. The van der Waals surface area contributed by atoms with Gasteiger partial charge in [0.25, 0.3) is 17.7 Å². The largest absolute Gasteiger partial charge is 0.416 e. The molecule has 6 heterocycles. The Balaban J connectivity index is 0.000000128. The van der Waals surface area contributed by atoms with Gasteiger partial charge in [0.05, 0.1) is 86.6 Å². The predicted octanol–water partition coefficient (Wildman–Crippen LogP) is 15.7. The van der Waals surface area contributed by atoms with E-state index in [9.17, 15) is 31.9 Å². The number of nitrogens with zero attached hydrogens (tertiary/aromatic N) is 9. The number of rotatable bonds is 10. The van der Waals surface area contributed by atoms with Crippen LogP contribution in [0.3, 0.4) is 0 Å². The average Bonchev–Trinajstić information content (AvgIpc) is 1.60. The van der Waals surface area contributed by atoms with Gasteiger partial charge in [0.15, 0.2) is 16.9 Å². The molecule has 0 aliphatic heterocycles. The number of nitrogens with one attached hydrogen (secondary N) is 3. The molecular weight excluding hydrogens is 1220 g/mol. The van der Waals surface area contributed by atoms with Crippen LogP contribution < -0.4 is 16.0 Å². The molecule has 0 spiro atoms. The molecule has 0 saturated heterocycles. The maximum absolute atomic E-state index is 14.4. The Morgan fingerprint density at radius 1 is 0.500 bits per heavy atom. The van der Waals surface area contributed by atoms with E-state index in [0.29, 0.717) is 62.0 Å². The Bertz CT molecular complexity index is 4880. The third-order valence-corrected chi connectivity index (χ3v) is 18.5. The van der Waals surface area contributed by atoms with Gasteiger partial charge < -0.3 is 16.0 Å². The molecule has 12 aromatic rings.